The van der Waals surface area contributed by atoms with Gasteiger partial charge in [-0.05, 0) is 61.1 Å². The number of sulfonamides is 1. The van der Waals surface area contributed by atoms with E-state index in [9.17, 15) is 8.42 Å². The minimum atomic E-state index is -3.88. The molecule has 1 aromatic carbocycles. The van der Waals surface area contributed by atoms with E-state index in [1.165, 1.54) is 0 Å². The molecule has 0 amide bonds. The summed E-state index contributed by atoms with van der Waals surface area (Å²) in [6.07, 6.45) is 2.31. The molecule has 198 valence electrons. The van der Waals surface area contributed by atoms with E-state index >= 15 is 0 Å². The van der Waals surface area contributed by atoms with E-state index in [-0.39, 0.29) is 17.3 Å². The van der Waals surface area contributed by atoms with Crippen molar-refractivity contribution in [3.05, 3.63) is 28.8 Å². The molecule has 1 spiro atoms. The Labute approximate surface area is 213 Å². The summed E-state index contributed by atoms with van der Waals surface area (Å²) in [5.41, 5.74) is 3.00. The topological polar surface area (TPSA) is 77.0 Å². The molecule has 3 rings (SSSR count). The molecule has 0 aromatic heterocycles. The van der Waals surface area contributed by atoms with Gasteiger partial charge in [-0.25, -0.2) is 4.83 Å². The van der Waals surface area contributed by atoms with E-state index in [1.807, 2.05) is 53.7 Å². The predicted octanol–water partition coefficient (Wildman–Crippen LogP) is 6.67. The molecule has 2 aliphatic rings. The molecule has 1 aliphatic carbocycles. The summed E-state index contributed by atoms with van der Waals surface area (Å²) in [5, 5.41) is 4.55. The molecule has 0 unspecified atom stereocenters. The summed E-state index contributed by atoms with van der Waals surface area (Å²) in [6, 6.07) is 4.10. The summed E-state index contributed by atoms with van der Waals surface area (Å²) < 4.78 is 40.3. The van der Waals surface area contributed by atoms with Crippen LogP contribution < -0.4 is 4.83 Å². The molecule has 0 bridgehead atoms. The zero-order valence-electron chi connectivity index (χ0n) is 23.4. The fourth-order valence-electron chi connectivity index (χ4n) is 5.10. The van der Waals surface area contributed by atoms with Gasteiger partial charge in [0.1, 0.15) is 0 Å². The van der Waals surface area contributed by atoms with Crippen molar-refractivity contribution in [1.29, 1.82) is 0 Å². The van der Waals surface area contributed by atoms with Crippen LogP contribution in [0.5, 0.6) is 0 Å². The minimum absolute atomic E-state index is 0.0414. The standard InChI is InChI=1S/C28H46N2O4S/c1-18(2)21-14-22(19(3)4)25(23(15-21)20(5)6)35(31,32)30-29-24-12-11-13-28(27(24,9)10)33-16-26(7,8)17-34-28/h14-15,18-20,30H,11-13,16-17H2,1-10H3/b29-24+. The van der Waals surface area contributed by atoms with Gasteiger partial charge in [0.2, 0.25) is 0 Å². The Balaban J connectivity index is 2.01. The van der Waals surface area contributed by atoms with Crippen molar-refractivity contribution in [1.82, 2.24) is 4.83 Å². The number of nitrogens with one attached hydrogen (secondary N) is 1. The Kier molecular flexibility index (Phi) is 7.87. The van der Waals surface area contributed by atoms with Gasteiger partial charge >= 0.3 is 0 Å². The van der Waals surface area contributed by atoms with Crippen LogP contribution in [0.2, 0.25) is 0 Å². The molecule has 1 aliphatic heterocycles. The van der Waals surface area contributed by atoms with Crippen molar-refractivity contribution in [2.24, 2.45) is 15.9 Å². The summed E-state index contributed by atoms with van der Waals surface area (Å²) in [7, 11) is -3.88. The first-order valence-corrected chi connectivity index (χ1v) is 14.6. The van der Waals surface area contributed by atoms with Crippen LogP contribution in [0.4, 0.5) is 0 Å². The van der Waals surface area contributed by atoms with Gasteiger partial charge in [-0.1, -0.05) is 67.5 Å². The Bertz CT molecular complexity index is 1030. The maximum absolute atomic E-state index is 13.8. The highest BCUT2D eigenvalue weighted by molar-refractivity contribution is 7.89. The Morgan fingerprint density at radius 1 is 0.886 bits per heavy atom. The van der Waals surface area contributed by atoms with Crippen LogP contribution in [0.25, 0.3) is 0 Å². The zero-order chi connectivity index (χ0) is 26.4. The first-order valence-electron chi connectivity index (χ1n) is 13.1. The second kappa shape index (κ2) is 9.79. The predicted molar refractivity (Wildman–Crippen MR) is 143 cm³/mol. The lowest BCUT2D eigenvalue weighted by atomic mass is 9.69. The Hall–Kier alpha value is -1.44. The van der Waals surface area contributed by atoms with E-state index in [0.717, 1.165) is 35.2 Å². The first kappa shape index (κ1) is 28.1. The molecule has 1 saturated heterocycles. The lowest BCUT2D eigenvalue weighted by Crippen LogP contribution is -2.60. The molecule has 35 heavy (non-hydrogen) atoms. The quantitative estimate of drug-likeness (QED) is 0.437. The summed E-state index contributed by atoms with van der Waals surface area (Å²) in [4.78, 5) is 2.99. The molecule has 1 heterocycles. The van der Waals surface area contributed by atoms with Crippen molar-refractivity contribution >= 4 is 15.7 Å². The Morgan fingerprint density at radius 2 is 1.40 bits per heavy atom. The van der Waals surface area contributed by atoms with Crippen LogP contribution in [0.15, 0.2) is 22.1 Å². The number of hydrogen-bond donors (Lipinski definition) is 1. The van der Waals surface area contributed by atoms with E-state index in [1.54, 1.807) is 0 Å². The molecule has 1 saturated carbocycles. The number of rotatable bonds is 6. The fourth-order valence-corrected chi connectivity index (χ4v) is 6.63. The average molecular weight is 507 g/mol. The second-order valence-electron chi connectivity index (χ2n) is 12.6. The monoisotopic (exact) mass is 506 g/mol. The fraction of sp³-hybridized carbons (Fsp3) is 0.750. The van der Waals surface area contributed by atoms with Gasteiger partial charge in [0.15, 0.2) is 5.79 Å². The third-order valence-corrected chi connectivity index (χ3v) is 8.97. The zero-order valence-corrected chi connectivity index (χ0v) is 24.2. The minimum Gasteiger partial charge on any atom is -0.348 e. The van der Waals surface area contributed by atoms with Crippen LogP contribution in [0, 0.1) is 10.8 Å². The third-order valence-electron chi connectivity index (χ3n) is 7.63. The second-order valence-corrected chi connectivity index (χ2v) is 14.2. The van der Waals surface area contributed by atoms with Crippen molar-refractivity contribution in [3.63, 3.8) is 0 Å². The average Bonchev–Trinajstić information content (AvgIpc) is 2.75. The molecule has 1 aromatic rings. The van der Waals surface area contributed by atoms with Gasteiger partial charge in [-0.3, -0.25) is 0 Å². The number of nitrogens with zero attached hydrogens (tertiary/aromatic N) is 1. The SMILES string of the molecule is CC(C)c1cc(C(C)C)c(S(=O)(=O)N/N=C2\CCCC3(OCC(C)(C)CO3)C2(C)C)c(C(C)C)c1. The van der Waals surface area contributed by atoms with Gasteiger partial charge in [0.05, 0.1) is 23.5 Å². The number of benzene rings is 1. The summed E-state index contributed by atoms with van der Waals surface area (Å²) in [6.45, 7) is 22.0. The van der Waals surface area contributed by atoms with Crippen LogP contribution in [-0.4, -0.2) is 33.1 Å². The first-order chi connectivity index (χ1) is 16.0. The van der Waals surface area contributed by atoms with Crippen molar-refractivity contribution in [3.8, 4) is 0 Å². The smallest absolute Gasteiger partial charge is 0.277 e. The lowest BCUT2D eigenvalue weighted by Gasteiger charge is -2.53. The third kappa shape index (κ3) is 5.47. The highest BCUT2D eigenvalue weighted by Crippen LogP contribution is 2.49. The summed E-state index contributed by atoms with van der Waals surface area (Å²) >= 11 is 0. The van der Waals surface area contributed by atoms with Gasteiger partial charge < -0.3 is 9.47 Å². The molecule has 2 fully saturated rings. The van der Waals surface area contributed by atoms with Gasteiger partial charge in [0, 0.05) is 17.5 Å². The van der Waals surface area contributed by atoms with Gasteiger partial charge in [-0.2, -0.15) is 13.5 Å². The maximum Gasteiger partial charge on any atom is 0.277 e. The van der Waals surface area contributed by atoms with E-state index in [0.29, 0.717) is 30.4 Å². The highest BCUT2D eigenvalue weighted by Gasteiger charge is 2.55. The van der Waals surface area contributed by atoms with Crippen LogP contribution >= 0.6 is 0 Å². The maximum atomic E-state index is 13.8. The van der Waals surface area contributed by atoms with Crippen molar-refractivity contribution in [2.75, 3.05) is 13.2 Å². The van der Waals surface area contributed by atoms with Crippen LogP contribution in [-0.2, 0) is 19.5 Å². The molecule has 1 N–H and O–H groups in total. The van der Waals surface area contributed by atoms with Gasteiger partial charge in [-0.15, -0.1) is 0 Å². The van der Waals surface area contributed by atoms with E-state index in [2.05, 4.69) is 37.6 Å². The van der Waals surface area contributed by atoms with E-state index < -0.39 is 21.2 Å². The highest BCUT2D eigenvalue weighted by atomic mass is 32.2. The van der Waals surface area contributed by atoms with Crippen LogP contribution in [0.3, 0.4) is 0 Å². The molecule has 0 radical (unpaired) electrons. The molecule has 0 atom stereocenters. The normalized spacial score (nSPS) is 22.9. The number of hydrogen-bond acceptors (Lipinski definition) is 5. The number of ether oxygens (including phenoxy) is 2. The largest absolute Gasteiger partial charge is 0.348 e. The lowest BCUT2D eigenvalue weighted by molar-refractivity contribution is -0.336. The van der Waals surface area contributed by atoms with Crippen LogP contribution in [0.1, 0.15) is 123 Å². The van der Waals surface area contributed by atoms with Crippen molar-refractivity contribution in [2.45, 2.75) is 117 Å². The molecule has 7 heteroatoms. The number of hydrazone groups is 1. The van der Waals surface area contributed by atoms with Crippen molar-refractivity contribution < 1.29 is 17.9 Å². The van der Waals surface area contributed by atoms with Gasteiger partial charge in [0.25, 0.3) is 10.0 Å². The summed E-state index contributed by atoms with van der Waals surface area (Å²) in [5.74, 6) is -0.343. The van der Waals surface area contributed by atoms with E-state index in [4.69, 9.17) is 9.47 Å². The Morgan fingerprint density at radius 3 is 1.86 bits per heavy atom. The molecular formula is C28H46N2O4S. The molecule has 6 nitrogen and oxygen atoms in total. The molecular weight excluding hydrogens is 460 g/mol.